The molecule has 1 aromatic rings. The zero-order valence-corrected chi connectivity index (χ0v) is 10.9. The average molecular weight is 262 g/mol. The minimum Gasteiger partial charge on any atom is -0.465 e. The highest BCUT2D eigenvalue weighted by molar-refractivity contribution is 6.01. The van der Waals surface area contributed by atoms with Crippen molar-refractivity contribution in [1.29, 1.82) is 0 Å². The van der Waals surface area contributed by atoms with Crippen LogP contribution in [0.1, 0.15) is 29.6 Å². The molecule has 0 saturated heterocycles. The van der Waals surface area contributed by atoms with Crippen molar-refractivity contribution in [3.05, 3.63) is 29.8 Å². The molecule has 1 amide bonds. The lowest BCUT2D eigenvalue weighted by Crippen LogP contribution is -2.29. The van der Waals surface area contributed by atoms with Crippen LogP contribution in [0.2, 0.25) is 0 Å². The molecule has 0 bridgehead atoms. The number of para-hydroxylation sites is 1. The van der Waals surface area contributed by atoms with Crippen molar-refractivity contribution in [2.45, 2.75) is 25.3 Å². The van der Waals surface area contributed by atoms with Gasteiger partial charge in [0.15, 0.2) is 0 Å². The number of hydrogen-bond acceptors (Lipinski definition) is 4. The van der Waals surface area contributed by atoms with E-state index in [-0.39, 0.29) is 18.4 Å². The monoisotopic (exact) mass is 262 g/mol. The lowest BCUT2D eigenvalue weighted by molar-refractivity contribution is -0.116. The molecule has 2 rings (SSSR count). The van der Waals surface area contributed by atoms with Gasteiger partial charge < -0.3 is 15.8 Å². The van der Waals surface area contributed by atoms with E-state index in [0.29, 0.717) is 17.2 Å². The minimum absolute atomic E-state index is 0.0923. The summed E-state index contributed by atoms with van der Waals surface area (Å²) in [6, 6.07) is 6.67. The van der Waals surface area contributed by atoms with Gasteiger partial charge in [0.05, 0.1) is 18.4 Å². The summed E-state index contributed by atoms with van der Waals surface area (Å²) in [6.45, 7) is 0. The number of hydrogen-bond donors (Lipinski definition) is 2. The highest BCUT2D eigenvalue weighted by Crippen LogP contribution is 2.32. The summed E-state index contributed by atoms with van der Waals surface area (Å²) in [5.74, 6) is -0.167. The van der Waals surface area contributed by atoms with Gasteiger partial charge in [0, 0.05) is 12.5 Å². The lowest BCUT2D eigenvalue weighted by atomic mass is 10.1. The van der Waals surface area contributed by atoms with E-state index in [0.717, 1.165) is 12.8 Å². The van der Waals surface area contributed by atoms with Crippen LogP contribution in [0.15, 0.2) is 24.3 Å². The fourth-order valence-electron chi connectivity index (χ4n) is 1.99. The first-order valence-electron chi connectivity index (χ1n) is 6.34. The number of amides is 1. The maximum Gasteiger partial charge on any atom is 0.339 e. The molecule has 1 aliphatic rings. The highest BCUT2D eigenvalue weighted by Gasteiger charge is 2.30. The molecule has 0 aliphatic heterocycles. The number of nitrogens with one attached hydrogen (secondary N) is 1. The summed E-state index contributed by atoms with van der Waals surface area (Å²) in [7, 11) is 1.31. The Kier molecular flexibility index (Phi) is 4.16. The van der Waals surface area contributed by atoms with E-state index in [1.807, 2.05) is 0 Å². The third kappa shape index (κ3) is 3.54. The first kappa shape index (κ1) is 13.5. The van der Waals surface area contributed by atoms with E-state index >= 15 is 0 Å². The van der Waals surface area contributed by atoms with E-state index in [1.165, 1.54) is 7.11 Å². The van der Waals surface area contributed by atoms with E-state index < -0.39 is 5.97 Å². The zero-order chi connectivity index (χ0) is 13.8. The Morgan fingerprint density at radius 3 is 2.74 bits per heavy atom. The molecule has 1 fully saturated rings. The van der Waals surface area contributed by atoms with E-state index in [1.54, 1.807) is 24.3 Å². The van der Waals surface area contributed by atoms with Gasteiger partial charge in [0.25, 0.3) is 0 Å². The average Bonchev–Trinajstić information content (AvgIpc) is 3.22. The summed E-state index contributed by atoms with van der Waals surface area (Å²) in [5, 5.41) is 2.72. The number of ether oxygens (including phenoxy) is 1. The molecule has 1 aliphatic carbocycles. The standard InChI is InChI=1S/C14H18N2O3/c1-19-14(18)10-4-2-3-5-12(10)16-13(17)8-11(15)9-6-7-9/h2-5,9,11H,6-8,15H2,1H3,(H,16,17). The summed E-state index contributed by atoms with van der Waals surface area (Å²) in [6.07, 6.45) is 2.49. The third-order valence-corrected chi connectivity index (χ3v) is 3.26. The van der Waals surface area contributed by atoms with Crippen LogP contribution in [0.5, 0.6) is 0 Å². The second kappa shape index (κ2) is 5.84. The van der Waals surface area contributed by atoms with Crippen LogP contribution < -0.4 is 11.1 Å². The van der Waals surface area contributed by atoms with Crippen LogP contribution in [0.3, 0.4) is 0 Å². The van der Waals surface area contributed by atoms with E-state index in [9.17, 15) is 9.59 Å². The smallest absolute Gasteiger partial charge is 0.339 e. The van der Waals surface area contributed by atoms with Gasteiger partial charge >= 0.3 is 5.97 Å². The van der Waals surface area contributed by atoms with Crippen LogP contribution in [-0.4, -0.2) is 25.0 Å². The Bertz CT molecular complexity index is 483. The SMILES string of the molecule is COC(=O)c1ccccc1NC(=O)CC(N)C1CC1. The second-order valence-corrected chi connectivity index (χ2v) is 4.79. The summed E-state index contributed by atoms with van der Waals surface area (Å²) < 4.78 is 4.67. The number of nitrogens with two attached hydrogens (primary N) is 1. The number of carbonyl (C=O) groups is 2. The normalized spacial score (nSPS) is 15.7. The van der Waals surface area contributed by atoms with Gasteiger partial charge in [0.2, 0.25) is 5.91 Å². The molecule has 102 valence electrons. The number of anilines is 1. The number of methoxy groups -OCH3 is 1. The molecule has 5 heteroatoms. The Balaban J connectivity index is 2.01. The van der Waals surface area contributed by atoms with Crippen molar-refractivity contribution in [2.24, 2.45) is 11.7 Å². The lowest BCUT2D eigenvalue weighted by Gasteiger charge is -2.12. The second-order valence-electron chi connectivity index (χ2n) is 4.79. The maximum atomic E-state index is 11.9. The van der Waals surface area contributed by atoms with Gasteiger partial charge in [-0.25, -0.2) is 4.79 Å². The largest absolute Gasteiger partial charge is 0.465 e. The fraction of sp³-hybridized carbons (Fsp3) is 0.429. The molecule has 0 aromatic heterocycles. The molecule has 1 saturated carbocycles. The Morgan fingerprint density at radius 1 is 1.42 bits per heavy atom. The minimum atomic E-state index is -0.470. The predicted molar refractivity (Wildman–Crippen MR) is 71.7 cm³/mol. The highest BCUT2D eigenvalue weighted by atomic mass is 16.5. The van der Waals surface area contributed by atoms with Gasteiger partial charge in [-0.1, -0.05) is 12.1 Å². The predicted octanol–water partition coefficient (Wildman–Crippen LogP) is 1.54. The van der Waals surface area contributed by atoms with Crippen LogP contribution in [0, 0.1) is 5.92 Å². The topological polar surface area (TPSA) is 81.4 Å². The number of carbonyl (C=O) groups excluding carboxylic acids is 2. The van der Waals surface area contributed by atoms with Crippen molar-refractivity contribution in [3.63, 3.8) is 0 Å². The summed E-state index contributed by atoms with van der Waals surface area (Å²) in [5.41, 5.74) is 6.71. The zero-order valence-electron chi connectivity index (χ0n) is 10.9. The van der Waals surface area contributed by atoms with Gasteiger partial charge in [-0.2, -0.15) is 0 Å². The third-order valence-electron chi connectivity index (χ3n) is 3.26. The van der Waals surface area contributed by atoms with Crippen molar-refractivity contribution in [1.82, 2.24) is 0 Å². The van der Waals surface area contributed by atoms with Gasteiger partial charge in [-0.15, -0.1) is 0 Å². The van der Waals surface area contributed by atoms with Crippen molar-refractivity contribution in [2.75, 3.05) is 12.4 Å². The first-order chi connectivity index (χ1) is 9.11. The molecule has 5 nitrogen and oxygen atoms in total. The number of esters is 1. The van der Waals surface area contributed by atoms with Gasteiger partial charge in [-0.05, 0) is 30.9 Å². The molecular formula is C14H18N2O3. The summed E-state index contributed by atoms with van der Waals surface area (Å²) in [4.78, 5) is 23.4. The van der Waals surface area contributed by atoms with Crippen LogP contribution in [-0.2, 0) is 9.53 Å². The molecule has 19 heavy (non-hydrogen) atoms. The van der Waals surface area contributed by atoms with Crippen LogP contribution in [0.4, 0.5) is 5.69 Å². The quantitative estimate of drug-likeness (QED) is 0.789. The molecule has 1 aromatic carbocycles. The van der Waals surface area contributed by atoms with E-state index in [4.69, 9.17) is 5.73 Å². The molecule has 1 unspecified atom stereocenters. The molecule has 0 spiro atoms. The molecular weight excluding hydrogens is 244 g/mol. The molecule has 1 atom stereocenters. The van der Waals surface area contributed by atoms with Crippen molar-refractivity contribution < 1.29 is 14.3 Å². The van der Waals surface area contributed by atoms with Gasteiger partial charge in [0.1, 0.15) is 0 Å². The van der Waals surface area contributed by atoms with Crippen LogP contribution in [0.25, 0.3) is 0 Å². The number of benzene rings is 1. The van der Waals surface area contributed by atoms with E-state index in [2.05, 4.69) is 10.1 Å². The number of rotatable bonds is 5. The summed E-state index contributed by atoms with van der Waals surface area (Å²) >= 11 is 0. The fourth-order valence-corrected chi connectivity index (χ4v) is 1.99. The van der Waals surface area contributed by atoms with Crippen LogP contribution >= 0.6 is 0 Å². The Morgan fingerprint density at radius 2 is 2.11 bits per heavy atom. The molecule has 0 radical (unpaired) electrons. The van der Waals surface area contributed by atoms with Gasteiger partial charge in [-0.3, -0.25) is 4.79 Å². The molecule has 3 N–H and O–H groups in total. The first-order valence-corrected chi connectivity index (χ1v) is 6.34. The maximum absolute atomic E-state index is 11.9. The molecule has 0 heterocycles. The Labute approximate surface area is 112 Å². The Hall–Kier alpha value is -1.88. The van der Waals surface area contributed by atoms with Crippen molar-refractivity contribution >= 4 is 17.6 Å². The van der Waals surface area contributed by atoms with Crippen molar-refractivity contribution in [3.8, 4) is 0 Å².